The number of nitrogens with two attached hydrogens (primary N) is 1. The van der Waals surface area contributed by atoms with Crippen LogP contribution in [0.5, 0.6) is 5.75 Å². The maximum absolute atomic E-state index is 13.1. The van der Waals surface area contributed by atoms with Crippen molar-refractivity contribution in [2.75, 3.05) is 23.9 Å². The van der Waals surface area contributed by atoms with E-state index in [1.807, 2.05) is 0 Å². The van der Waals surface area contributed by atoms with Gasteiger partial charge in [0.1, 0.15) is 18.1 Å². The third kappa shape index (κ3) is 3.47. The lowest BCUT2D eigenvalue weighted by Gasteiger charge is -2.17. The molecule has 0 aromatic heterocycles. The number of carbonyl (C=O) groups excluding carboxylic acids is 3. The Bertz CT molecular complexity index is 1090. The van der Waals surface area contributed by atoms with Crippen LogP contribution in [0.3, 0.4) is 0 Å². The average Bonchev–Trinajstić information content (AvgIpc) is 3.18. The Morgan fingerprint density at radius 1 is 1.17 bits per heavy atom. The number of thioether (sulfide) groups is 1. The molecule has 0 radical (unpaired) electrons. The van der Waals surface area contributed by atoms with Gasteiger partial charge < -0.3 is 15.8 Å². The molecule has 2 aromatic rings. The molecule has 2 aromatic carbocycles. The second kappa shape index (κ2) is 7.44. The average molecular weight is 408 g/mol. The van der Waals surface area contributed by atoms with Gasteiger partial charge in [0, 0.05) is 11.3 Å². The van der Waals surface area contributed by atoms with Crippen LogP contribution in [0.4, 0.5) is 16.2 Å². The summed E-state index contributed by atoms with van der Waals surface area (Å²) in [5, 5.41) is 2.29. The van der Waals surface area contributed by atoms with Crippen molar-refractivity contribution in [2.45, 2.75) is 0 Å². The van der Waals surface area contributed by atoms with Crippen molar-refractivity contribution < 1.29 is 19.1 Å². The predicted molar refractivity (Wildman–Crippen MR) is 112 cm³/mol. The minimum absolute atomic E-state index is 0.0164. The van der Waals surface area contributed by atoms with Crippen molar-refractivity contribution in [2.24, 2.45) is 10.7 Å². The van der Waals surface area contributed by atoms with Crippen molar-refractivity contribution >= 4 is 51.6 Å². The number of amidine groups is 1. The zero-order valence-electron chi connectivity index (χ0n) is 15.3. The number of hydrogen-bond acceptors (Lipinski definition) is 6. The van der Waals surface area contributed by atoms with E-state index in [0.29, 0.717) is 27.6 Å². The molecule has 9 heteroatoms. The van der Waals surface area contributed by atoms with Gasteiger partial charge in [-0.2, -0.15) is 4.99 Å². The van der Waals surface area contributed by atoms with Gasteiger partial charge in [-0.05, 0) is 42.1 Å². The van der Waals surface area contributed by atoms with E-state index in [1.54, 1.807) is 55.6 Å². The monoisotopic (exact) mass is 408 g/mol. The minimum atomic E-state index is -0.467. The molecule has 0 spiro atoms. The van der Waals surface area contributed by atoms with Crippen molar-refractivity contribution in [3.63, 3.8) is 0 Å². The molecule has 4 rings (SSSR count). The molecule has 0 bridgehead atoms. The number of aliphatic imine (C=N–C) groups is 1. The van der Waals surface area contributed by atoms with Crippen LogP contribution in [0.25, 0.3) is 5.57 Å². The molecule has 0 unspecified atom stereocenters. The van der Waals surface area contributed by atoms with Crippen LogP contribution in [0, 0.1) is 0 Å². The fraction of sp³-hybridized carbons (Fsp3) is 0.100. The van der Waals surface area contributed by atoms with E-state index in [1.165, 1.54) is 4.90 Å². The fourth-order valence-electron chi connectivity index (χ4n) is 3.17. The molecule has 0 atom stereocenters. The summed E-state index contributed by atoms with van der Waals surface area (Å²) in [6.07, 6.45) is 0. The number of nitrogens with zero attached hydrogens (tertiary/aromatic N) is 2. The van der Waals surface area contributed by atoms with E-state index >= 15 is 0 Å². The second-order valence-corrected chi connectivity index (χ2v) is 7.22. The lowest BCUT2D eigenvalue weighted by atomic mass is 10.1. The van der Waals surface area contributed by atoms with Crippen LogP contribution < -0.4 is 20.7 Å². The molecular weight excluding hydrogens is 392 g/mol. The molecule has 3 N–H and O–H groups in total. The zero-order valence-corrected chi connectivity index (χ0v) is 16.2. The molecular formula is C20H16N4O4S. The minimum Gasteiger partial charge on any atom is -0.497 e. The van der Waals surface area contributed by atoms with Crippen molar-refractivity contribution in [3.8, 4) is 5.75 Å². The highest BCUT2D eigenvalue weighted by molar-refractivity contribution is 8.18. The van der Waals surface area contributed by atoms with Gasteiger partial charge in [-0.3, -0.25) is 19.3 Å². The van der Waals surface area contributed by atoms with Crippen LogP contribution in [0.15, 0.2) is 58.4 Å². The highest BCUT2D eigenvalue weighted by atomic mass is 32.2. The van der Waals surface area contributed by atoms with Gasteiger partial charge in [-0.15, -0.1) is 0 Å². The molecule has 3 amide bonds. The van der Waals surface area contributed by atoms with E-state index in [9.17, 15) is 14.4 Å². The maximum atomic E-state index is 13.1. The van der Waals surface area contributed by atoms with Crippen molar-refractivity contribution in [1.29, 1.82) is 0 Å². The van der Waals surface area contributed by atoms with E-state index in [-0.39, 0.29) is 23.9 Å². The number of amides is 3. The number of ether oxygens (including phenoxy) is 1. The first-order chi connectivity index (χ1) is 14.0. The number of para-hydroxylation sites is 1. The summed E-state index contributed by atoms with van der Waals surface area (Å²) in [6.45, 7) is -0.186. The molecule has 2 heterocycles. The summed E-state index contributed by atoms with van der Waals surface area (Å²) >= 11 is 0.817. The lowest BCUT2D eigenvalue weighted by Crippen LogP contribution is -2.35. The molecule has 0 fully saturated rings. The summed E-state index contributed by atoms with van der Waals surface area (Å²) in [4.78, 5) is 42.7. The molecule has 2 aliphatic rings. The quantitative estimate of drug-likeness (QED) is 0.752. The molecule has 0 aliphatic carbocycles. The highest BCUT2D eigenvalue weighted by Crippen LogP contribution is 2.42. The van der Waals surface area contributed by atoms with Gasteiger partial charge in [0.15, 0.2) is 0 Å². The Morgan fingerprint density at radius 2 is 1.90 bits per heavy atom. The lowest BCUT2D eigenvalue weighted by molar-refractivity contribution is -0.118. The zero-order chi connectivity index (χ0) is 20.5. The first-order valence-electron chi connectivity index (χ1n) is 8.63. The normalized spacial score (nSPS) is 18.0. The van der Waals surface area contributed by atoms with Crippen LogP contribution >= 0.6 is 11.8 Å². The van der Waals surface area contributed by atoms with Crippen LogP contribution in [-0.2, 0) is 9.59 Å². The Kier molecular flexibility index (Phi) is 4.81. The topological polar surface area (TPSA) is 114 Å². The van der Waals surface area contributed by atoms with Gasteiger partial charge >= 0.3 is 5.24 Å². The Hall–Kier alpha value is -3.59. The third-order valence-corrected chi connectivity index (χ3v) is 5.34. The molecule has 8 nitrogen and oxygen atoms in total. The number of hydrogen-bond donors (Lipinski definition) is 2. The number of anilines is 2. The molecule has 146 valence electrons. The van der Waals surface area contributed by atoms with Gasteiger partial charge in [0.2, 0.25) is 5.91 Å². The summed E-state index contributed by atoms with van der Waals surface area (Å²) < 4.78 is 5.10. The highest BCUT2D eigenvalue weighted by Gasteiger charge is 2.38. The molecule has 0 saturated carbocycles. The molecule has 2 aliphatic heterocycles. The van der Waals surface area contributed by atoms with Gasteiger partial charge in [-0.25, -0.2) is 0 Å². The largest absolute Gasteiger partial charge is 0.497 e. The standard InChI is InChI=1S/C20H16N4O4S/c1-28-12-8-6-11(7-9-12)22-15(25)10-24-14-5-3-2-4-13(14)16(19(24)26)17-18(21)23-20(27)29-17/h2-9H,10H2,1H3,(H,22,25)(H2,21,23,27)/b17-16+. The molecule has 29 heavy (non-hydrogen) atoms. The number of fused-ring (bicyclic) bond motifs is 1. The fourth-order valence-corrected chi connectivity index (χ4v) is 3.93. The molecule has 0 saturated heterocycles. The summed E-state index contributed by atoms with van der Waals surface area (Å²) in [6, 6.07) is 13.9. The summed E-state index contributed by atoms with van der Waals surface area (Å²) in [5.41, 5.74) is 7.90. The number of nitrogens with one attached hydrogen (secondary N) is 1. The number of rotatable bonds is 4. The Labute approximate surface area is 170 Å². The Morgan fingerprint density at radius 3 is 2.55 bits per heavy atom. The SMILES string of the molecule is COc1ccc(NC(=O)CN2C(=O)/C(=C3/SC(=O)N=C3N)c3ccccc32)cc1. The number of methoxy groups -OCH3 is 1. The van der Waals surface area contributed by atoms with Gasteiger partial charge in [0.05, 0.1) is 23.3 Å². The van der Waals surface area contributed by atoms with E-state index < -0.39 is 11.1 Å². The second-order valence-electron chi connectivity index (χ2n) is 6.25. The third-order valence-electron chi connectivity index (χ3n) is 4.46. The summed E-state index contributed by atoms with van der Waals surface area (Å²) in [7, 11) is 1.56. The maximum Gasteiger partial charge on any atom is 0.311 e. The Balaban J connectivity index is 1.60. The first-order valence-corrected chi connectivity index (χ1v) is 9.45. The smallest absolute Gasteiger partial charge is 0.311 e. The summed E-state index contributed by atoms with van der Waals surface area (Å²) in [5.74, 6) is -0.0683. The number of carbonyl (C=O) groups is 3. The van der Waals surface area contributed by atoms with Crippen LogP contribution in [-0.4, -0.2) is 36.5 Å². The first kappa shape index (κ1) is 18.8. The van der Waals surface area contributed by atoms with E-state index in [4.69, 9.17) is 10.5 Å². The van der Waals surface area contributed by atoms with Crippen LogP contribution in [0.1, 0.15) is 5.56 Å². The number of benzene rings is 2. The van der Waals surface area contributed by atoms with E-state index in [2.05, 4.69) is 10.3 Å². The van der Waals surface area contributed by atoms with Gasteiger partial charge in [0.25, 0.3) is 5.91 Å². The van der Waals surface area contributed by atoms with Gasteiger partial charge in [-0.1, -0.05) is 18.2 Å². The predicted octanol–water partition coefficient (Wildman–Crippen LogP) is 2.62. The van der Waals surface area contributed by atoms with Crippen LogP contribution in [0.2, 0.25) is 0 Å². The van der Waals surface area contributed by atoms with E-state index in [0.717, 1.165) is 11.8 Å². The van der Waals surface area contributed by atoms with Crippen molar-refractivity contribution in [1.82, 2.24) is 0 Å². The van der Waals surface area contributed by atoms with Crippen molar-refractivity contribution in [3.05, 3.63) is 59.0 Å².